The minimum atomic E-state index is -0.158. The third kappa shape index (κ3) is 4.82. The van der Waals surface area contributed by atoms with E-state index < -0.39 is 0 Å². The van der Waals surface area contributed by atoms with Gasteiger partial charge in [0.15, 0.2) is 0 Å². The highest BCUT2D eigenvalue weighted by Crippen LogP contribution is 2.24. The fraction of sp³-hybridized carbons (Fsp3) is 0.429. The number of carbonyl (C=O) groups is 2. The van der Waals surface area contributed by atoms with E-state index in [9.17, 15) is 9.59 Å². The summed E-state index contributed by atoms with van der Waals surface area (Å²) in [6.07, 6.45) is 3.89. The number of rotatable bonds is 7. The molecule has 1 aromatic carbocycles. The zero-order valence-corrected chi connectivity index (χ0v) is 17.3. The maximum Gasteiger partial charge on any atom is 0.274 e. The molecule has 1 fully saturated rings. The van der Waals surface area contributed by atoms with Crippen LogP contribution in [0.1, 0.15) is 29.9 Å². The van der Waals surface area contributed by atoms with Gasteiger partial charge >= 0.3 is 0 Å². The van der Waals surface area contributed by atoms with Crippen LogP contribution in [0.15, 0.2) is 30.6 Å². The van der Waals surface area contributed by atoms with Crippen molar-refractivity contribution in [3.8, 4) is 0 Å². The maximum absolute atomic E-state index is 12.6. The third-order valence-electron chi connectivity index (χ3n) is 5.22. The standard InChI is InChI=1S/C21H28N6O2/c1-4-26(5-2)17-6-7-18(16(3)12-17)24-20-14-22-19(13-23-20)21(29)27-10-8-25(15-28)9-11-27/h6-7,12-15H,4-5,8-11H2,1-3H3,(H,23,24). The van der Waals surface area contributed by atoms with Gasteiger partial charge in [0.05, 0.1) is 12.4 Å². The molecule has 1 aliphatic heterocycles. The summed E-state index contributed by atoms with van der Waals surface area (Å²) in [5.41, 5.74) is 3.58. The van der Waals surface area contributed by atoms with Crippen molar-refractivity contribution in [1.82, 2.24) is 19.8 Å². The van der Waals surface area contributed by atoms with Crippen molar-refractivity contribution in [2.24, 2.45) is 0 Å². The van der Waals surface area contributed by atoms with E-state index in [4.69, 9.17) is 0 Å². The number of amides is 2. The summed E-state index contributed by atoms with van der Waals surface area (Å²) in [5.74, 6) is 0.431. The monoisotopic (exact) mass is 396 g/mol. The smallest absolute Gasteiger partial charge is 0.274 e. The van der Waals surface area contributed by atoms with Crippen molar-refractivity contribution in [3.63, 3.8) is 0 Å². The molecule has 29 heavy (non-hydrogen) atoms. The van der Waals surface area contributed by atoms with Gasteiger partial charge in [-0.2, -0.15) is 0 Å². The molecule has 3 rings (SSSR count). The molecule has 0 spiro atoms. The van der Waals surface area contributed by atoms with Gasteiger partial charge in [0.25, 0.3) is 5.91 Å². The largest absolute Gasteiger partial charge is 0.372 e. The second kappa shape index (κ2) is 9.36. The molecule has 0 unspecified atom stereocenters. The van der Waals surface area contributed by atoms with Crippen molar-refractivity contribution in [2.75, 3.05) is 49.5 Å². The Balaban J connectivity index is 1.65. The van der Waals surface area contributed by atoms with Crippen molar-refractivity contribution in [3.05, 3.63) is 41.9 Å². The van der Waals surface area contributed by atoms with Crippen LogP contribution >= 0.6 is 0 Å². The van der Waals surface area contributed by atoms with Crippen LogP contribution in [0.2, 0.25) is 0 Å². The van der Waals surface area contributed by atoms with E-state index in [0.29, 0.717) is 37.7 Å². The summed E-state index contributed by atoms with van der Waals surface area (Å²) >= 11 is 0. The molecule has 2 heterocycles. The fourth-order valence-corrected chi connectivity index (χ4v) is 3.41. The van der Waals surface area contributed by atoms with Crippen molar-refractivity contribution in [2.45, 2.75) is 20.8 Å². The summed E-state index contributed by atoms with van der Waals surface area (Å²) in [6, 6.07) is 6.28. The second-order valence-corrected chi connectivity index (χ2v) is 7.02. The molecule has 8 nitrogen and oxygen atoms in total. The number of benzene rings is 1. The molecule has 8 heteroatoms. The lowest BCUT2D eigenvalue weighted by Crippen LogP contribution is -2.48. The van der Waals surface area contributed by atoms with Gasteiger partial charge in [-0.3, -0.25) is 9.59 Å². The normalized spacial score (nSPS) is 13.9. The predicted octanol–water partition coefficient (Wildman–Crippen LogP) is 2.29. The first kappa shape index (κ1) is 20.6. The quantitative estimate of drug-likeness (QED) is 0.723. The molecule has 2 amide bonds. The number of hydrogen-bond donors (Lipinski definition) is 1. The number of aryl methyl sites for hydroxylation is 1. The highest BCUT2D eigenvalue weighted by Gasteiger charge is 2.22. The van der Waals surface area contributed by atoms with Gasteiger partial charge in [-0.15, -0.1) is 0 Å². The number of piperazine rings is 1. The zero-order valence-electron chi connectivity index (χ0n) is 17.3. The number of nitrogens with one attached hydrogen (secondary N) is 1. The van der Waals surface area contributed by atoms with Gasteiger partial charge in [-0.25, -0.2) is 9.97 Å². The van der Waals surface area contributed by atoms with Gasteiger partial charge < -0.3 is 20.0 Å². The predicted molar refractivity (Wildman–Crippen MR) is 114 cm³/mol. The molecule has 0 aliphatic carbocycles. The topological polar surface area (TPSA) is 81.7 Å². The SMILES string of the molecule is CCN(CC)c1ccc(Nc2cnc(C(=O)N3CCN(C=O)CC3)cn2)c(C)c1. The van der Waals surface area contributed by atoms with Gasteiger partial charge in [0.2, 0.25) is 6.41 Å². The molecular formula is C21H28N6O2. The molecule has 0 bridgehead atoms. The van der Waals surface area contributed by atoms with Crippen LogP contribution in [0.4, 0.5) is 17.2 Å². The average Bonchev–Trinajstić information content (AvgIpc) is 2.76. The second-order valence-electron chi connectivity index (χ2n) is 7.02. The minimum absolute atomic E-state index is 0.158. The number of carbonyl (C=O) groups excluding carboxylic acids is 2. The Morgan fingerprint density at radius 3 is 2.41 bits per heavy atom. The van der Waals surface area contributed by atoms with Crippen LogP contribution in [-0.4, -0.2) is 71.4 Å². The molecule has 1 N–H and O–H groups in total. The van der Waals surface area contributed by atoms with E-state index in [0.717, 1.165) is 30.8 Å². The van der Waals surface area contributed by atoms with Gasteiger partial charge in [0.1, 0.15) is 11.5 Å². The first-order valence-corrected chi connectivity index (χ1v) is 9.99. The summed E-state index contributed by atoms with van der Waals surface area (Å²) in [7, 11) is 0. The highest BCUT2D eigenvalue weighted by molar-refractivity contribution is 5.92. The molecule has 154 valence electrons. The first-order valence-electron chi connectivity index (χ1n) is 9.99. The molecule has 0 radical (unpaired) electrons. The van der Waals surface area contributed by atoms with Gasteiger partial charge in [-0.05, 0) is 44.5 Å². The lowest BCUT2D eigenvalue weighted by molar-refractivity contribution is -0.119. The Morgan fingerprint density at radius 1 is 1.14 bits per heavy atom. The molecular weight excluding hydrogens is 368 g/mol. The Hall–Kier alpha value is -3.16. The van der Waals surface area contributed by atoms with E-state index >= 15 is 0 Å². The number of nitrogens with zero attached hydrogens (tertiary/aromatic N) is 5. The van der Waals surface area contributed by atoms with E-state index in [1.165, 1.54) is 11.9 Å². The Kier molecular flexibility index (Phi) is 6.64. The van der Waals surface area contributed by atoms with Crippen LogP contribution in [0.25, 0.3) is 0 Å². The van der Waals surface area contributed by atoms with Gasteiger partial charge in [-0.1, -0.05) is 0 Å². The molecule has 1 aromatic heterocycles. The Morgan fingerprint density at radius 2 is 1.86 bits per heavy atom. The van der Waals surface area contributed by atoms with Crippen LogP contribution in [-0.2, 0) is 4.79 Å². The minimum Gasteiger partial charge on any atom is -0.372 e. The fourth-order valence-electron chi connectivity index (χ4n) is 3.41. The molecule has 2 aromatic rings. The van der Waals surface area contributed by atoms with E-state index in [2.05, 4.69) is 53.1 Å². The number of anilines is 3. The van der Waals surface area contributed by atoms with Crippen molar-refractivity contribution in [1.29, 1.82) is 0 Å². The van der Waals surface area contributed by atoms with Gasteiger partial charge in [0, 0.05) is 50.6 Å². The molecule has 1 aliphatic rings. The molecule has 0 saturated carbocycles. The highest BCUT2D eigenvalue weighted by atomic mass is 16.2. The molecule has 0 atom stereocenters. The van der Waals surface area contributed by atoms with Crippen molar-refractivity contribution >= 4 is 29.5 Å². The lowest BCUT2D eigenvalue weighted by Gasteiger charge is -2.32. The summed E-state index contributed by atoms with van der Waals surface area (Å²) in [4.78, 5) is 37.7. The number of aromatic nitrogens is 2. The summed E-state index contributed by atoms with van der Waals surface area (Å²) in [5, 5.41) is 3.27. The van der Waals surface area contributed by atoms with E-state index in [1.807, 2.05) is 6.07 Å². The number of hydrogen-bond acceptors (Lipinski definition) is 6. The van der Waals surface area contributed by atoms with E-state index in [-0.39, 0.29) is 5.91 Å². The van der Waals surface area contributed by atoms with Crippen LogP contribution in [0, 0.1) is 6.92 Å². The van der Waals surface area contributed by atoms with Crippen LogP contribution in [0.3, 0.4) is 0 Å². The van der Waals surface area contributed by atoms with Crippen LogP contribution in [0.5, 0.6) is 0 Å². The van der Waals surface area contributed by atoms with Crippen molar-refractivity contribution < 1.29 is 9.59 Å². The summed E-state index contributed by atoms with van der Waals surface area (Å²) in [6.45, 7) is 10.4. The summed E-state index contributed by atoms with van der Waals surface area (Å²) < 4.78 is 0. The maximum atomic E-state index is 12.6. The lowest BCUT2D eigenvalue weighted by atomic mass is 10.1. The average molecular weight is 396 g/mol. The zero-order chi connectivity index (χ0) is 20.8. The Labute approximate surface area is 171 Å². The van der Waals surface area contributed by atoms with Crippen LogP contribution < -0.4 is 10.2 Å². The molecule has 1 saturated heterocycles. The van der Waals surface area contributed by atoms with E-state index in [1.54, 1.807) is 16.0 Å². The third-order valence-corrected chi connectivity index (χ3v) is 5.22. The Bertz CT molecular complexity index is 843. The first-order chi connectivity index (χ1) is 14.0.